The zero-order chi connectivity index (χ0) is 19.2. The molecule has 0 aliphatic carbocycles. The Morgan fingerprint density at radius 2 is 1.93 bits per heavy atom. The molecule has 0 saturated heterocycles. The molecule has 0 aliphatic heterocycles. The first-order chi connectivity index (χ1) is 13.1. The van der Waals surface area contributed by atoms with E-state index in [-0.39, 0.29) is 5.91 Å². The lowest BCUT2D eigenvalue weighted by Crippen LogP contribution is -2.17. The number of amides is 1. The summed E-state index contributed by atoms with van der Waals surface area (Å²) in [4.78, 5) is 23.7. The van der Waals surface area contributed by atoms with E-state index in [0.717, 1.165) is 5.56 Å². The molecule has 3 rings (SSSR count). The molecule has 0 spiro atoms. The van der Waals surface area contributed by atoms with Crippen molar-refractivity contribution in [2.45, 2.75) is 0 Å². The number of esters is 1. The number of hydrogen-bond acceptors (Lipinski definition) is 5. The van der Waals surface area contributed by atoms with E-state index in [1.54, 1.807) is 48.5 Å². The van der Waals surface area contributed by atoms with E-state index in [9.17, 15) is 9.59 Å². The van der Waals surface area contributed by atoms with Gasteiger partial charge < -0.3 is 9.15 Å². The minimum atomic E-state index is -0.417. The van der Waals surface area contributed by atoms with Crippen molar-refractivity contribution < 1.29 is 18.7 Å². The number of carbonyl (C=O) groups is 2. The van der Waals surface area contributed by atoms with E-state index < -0.39 is 5.97 Å². The summed E-state index contributed by atoms with van der Waals surface area (Å²) in [5.74, 6) is 0.275. The number of furan rings is 1. The molecule has 27 heavy (non-hydrogen) atoms. The van der Waals surface area contributed by atoms with E-state index in [0.29, 0.717) is 27.1 Å². The quantitative estimate of drug-likeness (QED) is 0.375. The number of nitrogens with one attached hydrogen (secondary N) is 1. The first-order valence-electron chi connectivity index (χ1n) is 7.95. The van der Waals surface area contributed by atoms with Gasteiger partial charge in [0.2, 0.25) is 0 Å². The van der Waals surface area contributed by atoms with E-state index in [2.05, 4.69) is 26.5 Å². The fourth-order valence-electron chi connectivity index (χ4n) is 2.35. The zero-order valence-corrected chi connectivity index (χ0v) is 15.9. The SMILES string of the molecule is COC(=O)c1cccc(-c2ccc(/C=N\NC(=O)c3ccccc3Br)o2)c1. The number of carbonyl (C=O) groups excluding carboxylic acids is 2. The number of methoxy groups -OCH3 is 1. The van der Waals surface area contributed by atoms with Crippen LogP contribution in [0.5, 0.6) is 0 Å². The third-order valence-corrected chi connectivity index (χ3v) is 4.36. The lowest BCUT2D eigenvalue weighted by molar-refractivity contribution is 0.0600. The third-order valence-electron chi connectivity index (χ3n) is 3.67. The maximum Gasteiger partial charge on any atom is 0.337 e. The average Bonchev–Trinajstić information content (AvgIpc) is 3.16. The summed E-state index contributed by atoms with van der Waals surface area (Å²) in [6, 6.07) is 17.4. The van der Waals surface area contributed by atoms with Crippen molar-refractivity contribution in [3.63, 3.8) is 0 Å². The summed E-state index contributed by atoms with van der Waals surface area (Å²) < 4.78 is 11.1. The van der Waals surface area contributed by atoms with Crippen molar-refractivity contribution in [2.24, 2.45) is 5.10 Å². The zero-order valence-electron chi connectivity index (χ0n) is 14.3. The van der Waals surface area contributed by atoms with Gasteiger partial charge in [-0.15, -0.1) is 0 Å². The molecule has 136 valence electrons. The number of ether oxygens (including phenoxy) is 1. The molecule has 0 aliphatic rings. The van der Waals surface area contributed by atoms with Crippen LogP contribution < -0.4 is 5.43 Å². The van der Waals surface area contributed by atoms with Gasteiger partial charge >= 0.3 is 5.97 Å². The average molecular weight is 427 g/mol. The van der Waals surface area contributed by atoms with Crippen LogP contribution >= 0.6 is 15.9 Å². The second-order valence-corrected chi connectivity index (χ2v) is 6.31. The Labute approximate surface area is 164 Å². The van der Waals surface area contributed by atoms with Crippen molar-refractivity contribution in [1.82, 2.24) is 5.43 Å². The van der Waals surface area contributed by atoms with Gasteiger partial charge in [-0.1, -0.05) is 24.3 Å². The summed E-state index contributed by atoms with van der Waals surface area (Å²) in [5.41, 5.74) is 4.09. The van der Waals surface area contributed by atoms with Gasteiger partial charge in [0, 0.05) is 10.0 Å². The number of nitrogens with zero attached hydrogens (tertiary/aromatic N) is 1. The predicted molar refractivity (Wildman–Crippen MR) is 105 cm³/mol. The van der Waals surface area contributed by atoms with Crippen molar-refractivity contribution in [3.05, 3.63) is 82.0 Å². The van der Waals surface area contributed by atoms with Gasteiger partial charge in [0.15, 0.2) is 0 Å². The monoisotopic (exact) mass is 426 g/mol. The molecule has 2 aromatic carbocycles. The Bertz CT molecular complexity index is 1010. The first kappa shape index (κ1) is 18.6. The van der Waals surface area contributed by atoms with Gasteiger partial charge in [0.25, 0.3) is 5.91 Å². The molecule has 1 amide bonds. The summed E-state index contributed by atoms with van der Waals surface area (Å²) >= 11 is 3.32. The van der Waals surface area contributed by atoms with Crippen LogP contribution in [0.3, 0.4) is 0 Å². The molecule has 0 atom stereocenters. The van der Waals surface area contributed by atoms with E-state index in [1.165, 1.54) is 13.3 Å². The van der Waals surface area contributed by atoms with Crippen LogP contribution in [0.25, 0.3) is 11.3 Å². The molecule has 1 heterocycles. The minimum Gasteiger partial charge on any atom is -0.465 e. The molecule has 7 heteroatoms. The van der Waals surface area contributed by atoms with Crippen molar-refractivity contribution in [2.75, 3.05) is 7.11 Å². The van der Waals surface area contributed by atoms with Crippen LogP contribution in [0.4, 0.5) is 0 Å². The predicted octanol–water partition coefficient (Wildman–Crippen LogP) is 4.26. The van der Waals surface area contributed by atoms with Crippen molar-refractivity contribution in [3.8, 4) is 11.3 Å². The summed E-state index contributed by atoms with van der Waals surface area (Å²) in [6.45, 7) is 0. The molecule has 0 unspecified atom stereocenters. The molecular formula is C20H15BrN2O4. The number of hydrogen-bond donors (Lipinski definition) is 1. The van der Waals surface area contributed by atoms with Crippen LogP contribution in [0.2, 0.25) is 0 Å². The van der Waals surface area contributed by atoms with Crippen LogP contribution in [-0.4, -0.2) is 25.2 Å². The first-order valence-corrected chi connectivity index (χ1v) is 8.74. The summed E-state index contributed by atoms with van der Waals surface area (Å²) in [5, 5.41) is 3.91. The van der Waals surface area contributed by atoms with Gasteiger partial charge in [0.05, 0.1) is 24.5 Å². The maximum absolute atomic E-state index is 12.1. The maximum atomic E-state index is 12.1. The Morgan fingerprint density at radius 1 is 1.11 bits per heavy atom. The van der Waals surface area contributed by atoms with Crippen LogP contribution in [0.15, 0.2) is 74.7 Å². The molecule has 3 aromatic rings. The van der Waals surface area contributed by atoms with E-state index in [4.69, 9.17) is 9.15 Å². The number of halogens is 1. The molecule has 1 N–H and O–H groups in total. The second kappa shape index (κ2) is 8.46. The topological polar surface area (TPSA) is 80.9 Å². The fourth-order valence-corrected chi connectivity index (χ4v) is 2.82. The van der Waals surface area contributed by atoms with Gasteiger partial charge in [0.1, 0.15) is 11.5 Å². The van der Waals surface area contributed by atoms with Crippen molar-refractivity contribution >= 4 is 34.0 Å². The smallest absolute Gasteiger partial charge is 0.337 e. The fraction of sp³-hybridized carbons (Fsp3) is 0.0500. The second-order valence-electron chi connectivity index (χ2n) is 5.45. The van der Waals surface area contributed by atoms with Crippen LogP contribution in [-0.2, 0) is 4.74 Å². The standard InChI is InChI=1S/C20H15BrN2O4/c1-26-20(25)14-6-4-5-13(11-14)18-10-9-15(27-18)12-22-23-19(24)16-7-2-3-8-17(16)21/h2-12H,1H3,(H,23,24)/b22-12-. The highest BCUT2D eigenvalue weighted by Crippen LogP contribution is 2.23. The van der Waals surface area contributed by atoms with E-state index in [1.807, 2.05) is 12.1 Å². The van der Waals surface area contributed by atoms with Gasteiger partial charge in [-0.2, -0.15) is 5.10 Å². The Balaban J connectivity index is 1.69. The number of hydrazone groups is 1. The highest BCUT2D eigenvalue weighted by molar-refractivity contribution is 9.10. The van der Waals surface area contributed by atoms with E-state index >= 15 is 0 Å². The highest BCUT2D eigenvalue weighted by atomic mass is 79.9. The lowest BCUT2D eigenvalue weighted by atomic mass is 10.1. The Morgan fingerprint density at radius 3 is 2.70 bits per heavy atom. The molecule has 6 nitrogen and oxygen atoms in total. The van der Waals surface area contributed by atoms with Crippen molar-refractivity contribution in [1.29, 1.82) is 0 Å². The third kappa shape index (κ3) is 4.51. The highest BCUT2D eigenvalue weighted by Gasteiger charge is 2.10. The molecular weight excluding hydrogens is 412 g/mol. The lowest BCUT2D eigenvalue weighted by Gasteiger charge is -2.02. The number of benzene rings is 2. The Hall–Kier alpha value is -3.19. The number of rotatable bonds is 5. The summed E-state index contributed by atoms with van der Waals surface area (Å²) in [6.07, 6.45) is 1.41. The Kier molecular flexibility index (Phi) is 5.83. The molecule has 0 radical (unpaired) electrons. The van der Waals surface area contributed by atoms with Gasteiger partial charge in [-0.25, -0.2) is 10.2 Å². The molecule has 0 fully saturated rings. The van der Waals surface area contributed by atoms with Gasteiger partial charge in [-0.05, 0) is 52.3 Å². The molecule has 0 bridgehead atoms. The molecule has 1 aromatic heterocycles. The summed E-state index contributed by atoms with van der Waals surface area (Å²) in [7, 11) is 1.33. The normalized spacial score (nSPS) is 10.7. The van der Waals surface area contributed by atoms with Crippen LogP contribution in [0.1, 0.15) is 26.5 Å². The molecule has 0 saturated carbocycles. The largest absolute Gasteiger partial charge is 0.465 e. The van der Waals surface area contributed by atoms with Gasteiger partial charge in [-0.3, -0.25) is 4.79 Å². The minimum absolute atomic E-state index is 0.337. The van der Waals surface area contributed by atoms with Crippen LogP contribution in [0, 0.1) is 0 Å².